The van der Waals surface area contributed by atoms with Gasteiger partial charge < -0.3 is 9.64 Å². The second-order valence-corrected chi connectivity index (χ2v) is 5.19. The normalized spacial score (nSPS) is 18.1. The number of anilines is 1. The molecule has 1 aliphatic heterocycles. The number of aromatic amines is 1. The number of benzene rings is 1. The third-order valence-corrected chi connectivity index (χ3v) is 3.62. The smallest absolute Gasteiger partial charge is 0.285 e. The quantitative estimate of drug-likeness (QED) is 0.875. The molecule has 104 valence electrons. The molecule has 6 heteroatoms. The van der Waals surface area contributed by atoms with Crippen LogP contribution in [0.3, 0.4) is 0 Å². The first kappa shape index (κ1) is 13.0. The number of para-hydroxylation sites is 1. The van der Waals surface area contributed by atoms with E-state index in [1.807, 2.05) is 36.1 Å². The van der Waals surface area contributed by atoms with Crippen LogP contribution < -0.4 is 15.2 Å². The number of ether oxygens (including phenoxy) is 1. The molecule has 3 rings (SSSR count). The van der Waals surface area contributed by atoms with E-state index in [1.165, 1.54) is 0 Å². The first-order valence-corrected chi connectivity index (χ1v) is 6.75. The predicted molar refractivity (Wildman–Crippen MR) is 77.4 cm³/mol. The molecule has 0 saturated heterocycles. The van der Waals surface area contributed by atoms with Crippen LogP contribution in [0.2, 0.25) is 5.02 Å². The van der Waals surface area contributed by atoms with E-state index in [2.05, 4.69) is 10.2 Å². The first-order valence-electron chi connectivity index (χ1n) is 6.38. The van der Waals surface area contributed by atoms with E-state index >= 15 is 0 Å². The lowest BCUT2D eigenvalue weighted by Gasteiger charge is -2.24. The van der Waals surface area contributed by atoms with Gasteiger partial charge in [-0.2, -0.15) is 5.10 Å². The molecule has 2 aromatic rings. The minimum absolute atomic E-state index is 0.00555. The molecular weight excluding hydrogens is 278 g/mol. The van der Waals surface area contributed by atoms with Crippen molar-refractivity contribution < 1.29 is 4.74 Å². The van der Waals surface area contributed by atoms with Gasteiger partial charge in [0.1, 0.15) is 16.9 Å². The van der Waals surface area contributed by atoms with Crippen molar-refractivity contribution in [3.63, 3.8) is 0 Å². The standard InChI is InChI=1S/C14H14ClN3O2/c1-9-7-18(11-6-16-17-14(19)13(11)15)8-10-4-2-3-5-12(10)20-9/h2-6,9H,7-8H2,1H3,(H,17,19). The molecule has 1 aromatic heterocycles. The summed E-state index contributed by atoms with van der Waals surface area (Å²) < 4.78 is 5.89. The van der Waals surface area contributed by atoms with Crippen LogP contribution in [0.15, 0.2) is 35.3 Å². The first-order chi connectivity index (χ1) is 9.65. The van der Waals surface area contributed by atoms with Gasteiger partial charge in [0.15, 0.2) is 0 Å². The summed E-state index contributed by atoms with van der Waals surface area (Å²) in [4.78, 5) is 13.6. The Morgan fingerprint density at radius 2 is 2.25 bits per heavy atom. The molecule has 0 spiro atoms. The monoisotopic (exact) mass is 291 g/mol. The molecule has 0 aliphatic carbocycles. The molecule has 0 fully saturated rings. The van der Waals surface area contributed by atoms with E-state index in [4.69, 9.17) is 16.3 Å². The summed E-state index contributed by atoms with van der Waals surface area (Å²) in [6, 6.07) is 7.87. The molecule has 5 nitrogen and oxygen atoms in total. The van der Waals surface area contributed by atoms with Gasteiger partial charge in [-0.05, 0) is 13.0 Å². The van der Waals surface area contributed by atoms with Crippen LogP contribution in [-0.4, -0.2) is 22.8 Å². The van der Waals surface area contributed by atoms with Gasteiger partial charge in [0.25, 0.3) is 5.56 Å². The summed E-state index contributed by atoms with van der Waals surface area (Å²) in [6.07, 6.45) is 1.57. The maximum atomic E-state index is 11.6. The van der Waals surface area contributed by atoms with Gasteiger partial charge in [-0.15, -0.1) is 0 Å². The lowest BCUT2D eigenvalue weighted by atomic mass is 10.2. The van der Waals surface area contributed by atoms with Crippen molar-refractivity contribution in [1.29, 1.82) is 0 Å². The molecule has 1 atom stereocenters. The van der Waals surface area contributed by atoms with E-state index in [1.54, 1.807) is 6.20 Å². The maximum absolute atomic E-state index is 11.6. The van der Waals surface area contributed by atoms with Gasteiger partial charge in [-0.3, -0.25) is 4.79 Å². The van der Waals surface area contributed by atoms with Crippen molar-refractivity contribution in [1.82, 2.24) is 10.2 Å². The zero-order valence-corrected chi connectivity index (χ0v) is 11.7. The predicted octanol–water partition coefficient (Wildman–Crippen LogP) is 2.21. The highest BCUT2D eigenvalue weighted by atomic mass is 35.5. The van der Waals surface area contributed by atoms with Crippen LogP contribution in [0.4, 0.5) is 5.69 Å². The van der Waals surface area contributed by atoms with Crippen LogP contribution in [0, 0.1) is 0 Å². The number of hydrogen-bond acceptors (Lipinski definition) is 4. The Hall–Kier alpha value is -2.01. The number of nitrogens with zero attached hydrogens (tertiary/aromatic N) is 2. The highest BCUT2D eigenvalue weighted by Gasteiger charge is 2.22. The summed E-state index contributed by atoms with van der Waals surface area (Å²) in [5.74, 6) is 0.872. The Balaban J connectivity index is 2.03. The molecule has 0 bridgehead atoms. The number of halogens is 1. The Kier molecular flexibility index (Phi) is 3.36. The average molecular weight is 292 g/mol. The second kappa shape index (κ2) is 5.17. The van der Waals surface area contributed by atoms with Crippen molar-refractivity contribution in [2.45, 2.75) is 19.6 Å². The molecule has 0 amide bonds. The van der Waals surface area contributed by atoms with E-state index in [-0.39, 0.29) is 16.7 Å². The van der Waals surface area contributed by atoms with Crippen LogP contribution in [0.25, 0.3) is 0 Å². The van der Waals surface area contributed by atoms with E-state index in [0.717, 1.165) is 11.3 Å². The number of fused-ring (bicyclic) bond motifs is 1. The lowest BCUT2D eigenvalue weighted by Crippen LogP contribution is -2.32. The zero-order valence-electron chi connectivity index (χ0n) is 11.0. The zero-order chi connectivity index (χ0) is 14.1. The van der Waals surface area contributed by atoms with Crippen molar-refractivity contribution in [2.24, 2.45) is 0 Å². The van der Waals surface area contributed by atoms with E-state index in [9.17, 15) is 4.79 Å². The third kappa shape index (κ3) is 2.36. The minimum Gasteiger partial charge on any atom is -0.489 e. The lowest BCUT2D eigenvalue weighted by molar-refractivity contribution is 0.233. The molecule has 0 radical (unpaired) electrons. The highest BCUT2D eigenvalue weighted by Crippen LogP contribution is 2.29. The number of nitrogens with one attached hydrogen (secondary N) is 1. The topological polar surface area (TPSA) is 58.2 Å². The molecule has 1 unspecified atom stereocenters. The Morgan fingerprint density at radius 3 is 3.10 bits per heavy atom. The number of aromatic nitrogens is 2. The third-order valence-electron chi connectivity index (χ3n) is 3.26. The van der Waals surface area contributed by atoms with Gasteiger partial charge in [0.05, 0.1) is 18.4 Å². The molecular formula is C14H14ClN3O2. The minimum atomic E-state index is -0.379. The summed E-state index contributed by atoms with van der Waals surface area (Å²) >= 11 is 6.09. The van der Waals surface area contributed by atoms with E-state index in [0.29, 0.717) is 18.8 Å². The number of rotatable bonds is 1. The largest absolute Gasteiger partial charge is 0.489 e. The maximum Gasteiger partial charge on any atom is 0.285 e. The summed E-state index contributed by atoms with van der Waals surface area (Å²) in [7, 11) is 0. The van der Waals surface area contributed by atoms with Gasteiger partial charge in [0.2, 0.25) is 0 Å². The molecule has 1 aromatic carbocycles. The Morgan fingerprint density at radius 1 is 1.45 bits per heavy atom. The summed E-state index contributed by atoms with van der Waals surface area (Å²) in [5.41, 5.74) is 1.31. The Labute approximate surface area is 121 Å². The van der Waals surface area contributed by atoms with Crippen LogP contribution in [-0.2, 0) is 6.54 Å². The highest BCUT2D eigenvalue weighted by molar-refractivity contribution is 6.32. The van der Waals surface area contributed by atoms with Gasteiger partial charge in [-0.1, -0.05) is 29.8 Å². The van der Waals surface area contributed by atoms with Crippen molar-refractivity contribution >= 4 is 17.3 Å². The molecule has 0 saturated carbocycles. The summed E-state index contributed by atoms with van der Waals surface area (Å²) in [5, 5.41) is 6.32. The Bertz CT molecular complexity index is 686. The fourth-order valence-electron chi connectivity index (χ4n) is 2.36. The SMILES string of the molecule is CC1CN(c2cn[nH]c(=O)c2Cl)Cc2ccccc2O1. The van der Waals surface area contributed by atoms with E-state index < -0.39 is 0 Å². The fraction of sp³-hybridized carbons (Fsp3) is 0.286. The van der Waals surface area contributed by atoms with Gasteiger partial charge in [0, 0.05) is 12.1 Å². The fourth-order valence-corrected chi connectivity index (χ4v) is 2.57. The molecule has 1 N–H and O–H groups in total. The van der Waals surface area contributed by atoms with Crippen LogP contribution >= 0.6 is 11.6 Å². The number of H-pyrrole nitrogens is 1. The van der Waals surface area contributed by atoms with Crippen LogP contribution in [0.1, 0.15) is 12.5 Å². The second-order valence-electron chi connectivity index (χ2n) is 4.82. The number of hydrogen-bond donors (Lipinski definition) is 1. The molecule has 2 heterocycles. The molecule has 20 heavy (non-hydrogen) atoms. The average Bonchev–Trinajstić information content (AvgIpc) is 2.59. The molecule has 1 aliphatic rings. The van der Waals surface area contributed by atoms with Crippen LogP contribution in [0.5, 0.6) is 5.75 Å². The van der Waals surface area contributed by atoms with Gasteiger partial charge >= 0.3 is 0 Å². The van der Waals surface area contributed by atoms with Crippen molar-refractivity contribution in [3.8, 4) is 5.75 Å². The van der Waals surface area contributed by atoms with Gasteiger partial charge in [-0.25, -0.2) is 5.10 Å². The summed E-state index contributed by atoms with van der Waals surface area (Å²) in [6.45, 7) is 3.26. The van der Waals surface area contributed by atoms with Crippen molar-refractivity contribution in [3.05, 3.63) is 51.4 Å². The van der Waals surface area contributed by atoms with Crippen molar-refractivity contribution in [2.75, 3.05) is 11.4 Å².